The lowest BCUT2D eigenvalue weighted by atomic mass is 10.1. The van der Waals surface area contributed by atoms with E-state index in [4.69, 9.17) is 5.73 Å². The molecule has 0 saturated carbocycles. The number of hydrogen-bond acceptors (Lipinski definition) is 3. The lowest BCUT2D eigenvalue weighted by molar-refractivity contribution is -0.133. The molecule has 1 heterocycles. The molecule has 0 aliphatic rings. The summed E-state index contributed by atoms with van der Waals surface area (Å²) in [6.07, 6.45) is 0. The molecule has 2 aromatic rings. The lowest BCUT2D eigenvalue weighted by Crippen LogP contribution is -2.37. The van der Waals surface area contributed by atoms with Crippen LogP contribution in [0.3, 0.4) is 0 Å². The zero-order valence-corrected chi connectivity index (χ0v) is 12.4. The summed E-state index contributed by atoms with van der Waals surface area (Å²) in [6, 6.07) is 6.53. The highest BCUT2D eigenvalue weighted by molar-refractivity contribution is 7.10. The number of amides is 1. The highest BCUT2D eigenvalue weighted by atomic mass is 32.1. The molecule has 0 aliphatic heterocycles. The summed E-state index contributed by atoms with van der Waals surface area (Å²) in [5, 5.41) is 1.86. The third-order valence-electron chi connectivity index (χ3n) is 3.17. The summed E-state index contributed by atoms with van der Waals surface area (Å²) in [7, 11) is 0. The first-order valence-electron chi connectivity index (χ1n) is 6.54. The number of nitrogens with two attached hydrogens (primary N) is 1. The zero-order chi connectivity index (χ0) is 15.4. The number of benzene rings is 1. The molecule has 0 saturated heterocycles. The van der Waals surface area contributed by atoms with E-state index in [1.807, 2.05) is 18.4 Å². The van der Waals surface area contributed by atoms with Crippen LogP contribution in [0.5, 0.6) is 0 Å². The Morgan fingerprint density at radius 2 is 2.10 bits per heavy atom. The molecule has 1 unspecified atom stereocenters. The van der Waals surface area contributed by atoms with E-state index in [-0.39, 0.29) is 12.5 Å². The Labute approximate surface area is 126 Å². The molecule has 6 heteroatoms. The number of carbonyl (C=O) groups excluding carboxylic acids is 1. The van der Waals surface area contributed by atoms with Crippen LogP contribution >= 0.6 is 11.3 Å². The van der Waals surface area contributed by atoms with Gasteiger partial charge >= 0.3 is 0 Å². The highest BCUT2D eigenvalue weighted by Crippen LogP contribution is 2.20. The van der Waals surface area contributed by atoms with Crippen molar-refractivity contribution < 1.29 is 13.6 Å². The van der Waals surface area contributed by atoms with E-state index in [9.17, 15) is 13.6 Å². The van der Waals surface area contributed by atoms with Gasteiger partial charge in [-0.1, -0.05) is 12.1 Å². The molecule has 0 fully saturated rings. The van der Waals surface area contributed by atoms with Gasteiger partial charge in [0.15, 0.2) is 11.6 Å². The van der Waals surface area contributed by atoms with Crippen molar-refractivity contribution in [1.82, 2.24) is 4.90 Å². The first-order valence-corrected chi connectivity index (χ1v) is 7.42. The predicted molar refractivity (Wildman–Crippen MR) is 78.7 cm³/mol. The van der Waals surface area contributed by atoms with Crippen LogP contribution in [0.25, 0.3) is 0 Å². The number of rotatable bonds is 5. The Bertz CT molecular complexity index is 616. The van der Waals surface area contributed by atoms with Crippen molar-refractivity contribution in [3.63, 3.8) is 0 Å². The summed E-state index contributed by atoms with van der Waals surface area (Å²) in [6.45, 7) is 2.46. The second-order valence-corrected chi connectivity index (χ2v) is 5.57. The summed E-state index contributed by atoms with van der Waals surface area (Å²) in [4.78, 5) is 14.7. The van der Waals surface area contributed by atoms with Crippen molar-refractivity contribution in [2.45, 2.75) is 19.5 Å². The van der Waals surface area contributed by atoms with E-state index in [0.717, 1.165) is 17.0 Å². The fraction of sp³-hybridized carbons (Fsp3) is 0.267. The summed E-state index contributed by atoms with van der Waals surface area (Å²) < 4.78 is 26.1. The van der Waals surface area contributed by atoms with Crippen molar-refractivity contribution in [3.8, 4) is 0 Å². The molecular formula is C15H16F2N2OS. The van der Waals surface area contributed by atoms with Gasteiger partial charge in [-0.15, -0.1) is 11.3 Å². The molecule has 1 amide bonds. The number of thiophene rings is 1. The van der Waals surface area contributed by atoms with Gasteiger partial charge < -0.3 is 10.6 Å². The molecule has 0 spiro atoms. The van der Waals surface area contributed by atoms with Gasteiger partial charge in [-0.3, -0.25) is 4.79 Å². The van der Waals surface area contributed by atoms with Crippen molar-refractivity contribution in [2.75, 3.05) is 6.54 Å². The SMILES string of the molecule is CCN(Cc1ccc(F)c(F)c1)C(=O)C(N)c1cccs1. The number of nitrogens with zero attached hydrogens (tertiary/aromatic N) is 1. The Morgan fingerprint density at radius 1 is 1.33 bits per heavy atom. The highest BCUT2D eigenvalue weighted by Gasteiger charge is 2.22. The summed E-state index contributed by atoms with van der Waals surface area (Å²) in [5.41, 5.74) is 6.48. The fourth-order valence-electron chi connectivity index (χ4n) is 1.99. The van der Waals surface area contributed by atoms with E-state index < -0.39 is 17.7 Å². The Morgan fingerprint density at radius 3 is 2.67 bits per heavy atom. The van der Waals surface area contributed by atoms with Crippen LogP contribution in [0, 0.1) is 11.6 Å². The second kappa shape index (κ2) is 6.78. The maximum absolute atomic E-state index is 13.2. The van der Waals surface area contributed by atoms with Crippen LogP contribution in [0.15, 0.2) is 35.7 Å². The molecule has 1 atom stereocenters. The first kappa shape index (κ1) is 15.6. The summed E-state index contributed by atoms with van der Waals surface area (Å²) in [5.74, 6) is -2.05. The van der Waals surface area contributed by atoms with E-state index in [1.165, 1.54) is 22.3 Å². The van der Waals surface area contributed by atoms with Crippen molar-refractivity contribution >= 4 is 17.2 Å². The molecule has 3 nitrogen and oxygen atoms in total. The van der Waals surface area contributed by atoms with E-state index in [2.05, 4.69) is 0 Å². The Kier molecular flexibility index (Phi) is 5.03. The van der Waals surface area contributed by atoms with Crippen LogP contribution in [0.2, 0.25) is 0 Å². The number of halogens is 2. The van der Waals surface area contributed by atoms with Crippen molar-refractivity contribution in [3.05, 3.63) is 57.8 Å². The normalized spacial score (nSPS) is 12.2. The largest absolute Gasteiger partial charge is 0.337 e. The first-order chi connectivity index (χ1) is 10.0. The van der Waals surface area contributed by atoms with Crippen LogP contribution in [-0.2, 0) is 11.3 Å². The third-order valence-corrected chi connectivity index (χ3v) is 4.12. The molecule has 2 N–H and O–H groups in total. The molecule has 112 valence electrons. The predicted octanol–water partition coefficient (Wildman–Crippen LogP) is 3.07. The number of carbonyl (C=O) groups is 1. The van der Waals surface area contributed by atoms with Crippen LogP contribution in [0.4, 0.5) is 8.78 Å². The fourth-order valence-corrected chi connectivity index (χ4v) is 2.71. The average Bonchev–Trinajstić information content (AvgIpc) is 3.01. The Balaban J connectivity index is 2.12. The summed E-state index contributed by atoms with van der Waals surface area (Å²) >= 11 is 1.42. The van der Waals surface area contributed by atoms with Gasteiger partial charge in [0.05, 0.1) is 0 Å². The molecular weight excluding hydrogens is 294 g/mol. The zero-order valence-electron chi connectivity index (χ0n) is 11.6. The van der Waals surface area contributed by atoms with Gasteiger partial charge in [-0.05, 0) is 36.1 Å². The molecule has 1 aromatic carbocycles. The van der Waals surface area contributed by atoms with Gasteiger partial charge in [0, 0.05) is 18.0 Å². The second-order valence-electron chi connectivity index (χ2n) is 4.59. The van der Waals surface area contributed by atoms with Crippen molar-refractivity contribution in [2.24, 2.45) is 5.73 Å². The molecule has 1 aromatic heterocycles. The van der Waals surface area contributed by atoms with Gasteiger partial charge in [0.1, 0.15) is 6.04 Å². The van der Waals surface area contributed by atoms with Gasteiger partial charge in [0.2, 0.25) is 5.91 Å². The van der Waals surface area contributed by atoms with Crippen molar-refractivity contribution in [1.29, 1.82) is 0 Å². The smallest absolute Gasteiger partial charge is 0.245 e. The van der Waals surface area contributed by atoms with E-state index in [0.29, 0.717) is 12.1 Å². The average molecular weight is 310 g/mol. The minimum Gasteiger partial charge on any atom is -0.337 e. The molecule has 2 rings (SSSR count). The van der Waals surface area contributed by atoms with E-state index >= 15 is 0 Å². The van der Waals surface area contributed by atoms with Crippen LogP contribution in [0.1, 0.15) is 23.4 Å². The molecule has 0 radical (unpaired) electrons. The number of likely N-dealkylation sites (N-methyl/N-ethyl adjacent to an activating group) is 1. The molecule has 21 heavy (non-hydrogen) atoms. The monoisotopic (exact) mass is 310 g/mol. The van der Waals surface area contributed by atoms with Crippen LogP contribution < -0.4 is 5.73 Å². The topological polar surface area (TPSA) is 46.3 Å². The lowest BCUT2D eigenvalue weighted by Gasteiger charge is -2.24. The third kappa shape index (κ3) is 3.65. The maximum atomic E-state index is 13.2. The quantitative estimate of drug-likeness (QED) is 0.922. The number of hydrogen-bond donors (Lipinski definition) is 1. The molecule has 0 aliphatic carbocycles. The minimum atomic E-state index is -0.918. The van der Waals surface area contributed by atoms with Gasteiger partial charge in [0.25, 0.3) is 0 Å². The van der Waals surface area contributed by atoms with Gasteiger partial charge in [-0.25, -0.2) is 8.78 Å². The van der Waals surface area contributed by atoms with E-state index in [1.54, 1.807) is 6.07 Å². The van der Waals surface area contributed by atoms with Gasteiger partial charge in [-0.2, -0.15) is 0 Å². The van der Waals surface area contributed by atoms with Crippen LogP contribution in [-0.4, -0.2) is 17.4 Å². The Hall–Kier alpha value is -1.79. The maximum Gasteiger partial charge on any atom is 0.245 e. The standard InChI is InChI=1S/C15H16F2N2OS/c1-2-19(9-10-5-6-11(16)12(17)8-10)15(20)14(18)13-4-3-7-21-13/h3-8,14H,2,9,18H2,1H3. The molecule has 0 bridgehead atoms. The minimum absolute atomic E-state index is 0.200.